The molecule has 0 aliphatic rings. The average Bonchev–Trinajstić information content (AvgIpc) is 2.47. The Bertz CT molecular complexity index is 633. The van der Waals surface area contributed by atoms with Gasteiger partial charge < -0.3 is 4.74 Å². The molecule has 0 fully saturated rings. The van der Waals surface area contributed by atoms with E-state index in [1.165, 1.54) is 0 Å². The molecule has 0 saturated carbocycles. The number of methoxy groups -OCH3 is 1. The highest BCUT2D eigenvalue weighted by molar-refractivity contribution is 5.76. The maximum atomic E-state index is 11.3. The van der Waals surface area contributed by atoms with Gasteiger partial charge in [-0.25, -0.2) is 9.67 Å². The number of ether oxygens (including phenoxy) is 1. The first kappa shape index (κ1) is 13.0. The van der Waals surface area contributed by atoms with Crippen LogP contribution in [0.5, 0.6) is 5.88 Å². The second kappa shape index (κ2) is 5.95. The summed E-state index contributed by atoms with van der Waals surface area (Å²) in [6.45, 7) is 1.77. The van der Waals surface area contributed by atoms with Crippen LogP contribution in [0, 0.1) is 0 Å². The van der Waals surface area contributed by atoms with Gasteiger partial charge in [0.1, 0.15) is 0 Å². The number of hydrogen-bond donors (Lipinski definition) is 0. The monoisotopic (exact) mass is 257 g/mol. The third-order valence-electron chi connectivity index (χ3n) is 2.55. The summed E-state index contributed by atoms with van der Waals surface area (Å²) >= 11 is 0. The van der Waals surface area contributed by atoms with Crippen molar-refractivity contribution in [2.24, 2.45) is 4.99 Å². The number of nitrogens with zero attached hydrogens (tertiary/aromatic N) is 3. The van der Waals surface area contributed by atoms with E-state index in [1.807, 2.05) is 30.3 Å². The van der Waals surface area contributed by atoms with Gasteiger partial charge in [0.15, 0.2) is 0 Å². The Morgan fingerprint density at radius 3 is 2.74 bits per heavy atom. The van der Waals surface area contributed by atoms with E-state index in [0.29, 0.717) is 17.7 Å². The Hall–Kier alpha value is -2.43. The molecule has 0 N–H and O–H groups in total. The molecule has 5 heteroatoms. The molecule has 0 atom stereocenters. The molecule has 0 unspecified atom stereocenters. The van der Waals surface area contributed by atoms with Gasteiger partial charge in [0.2, 0.25) is 11.8 Å². The van der Waals surface area contributed by atoms with Crippen molar-refractivity contribution in [1.29, 1.82) is 0 Å². The van der Waals surface area contributed by atoms with Crippen LogP contribution in [0.25, 0.3) is 5.69 Å². The summed E-state index contributed by atoms with van der Waals surface area (Å²) in [4.78, 5) is 15.2. The fraction of sp³-hybridized carbons (Fsp3) is 0.214. The molecule has 1 amide bonds. The molecule has 1 heterocycles. The largest absolute Gasteiger partial charge is 0.481 e. The van der Waals surface area contributed by atoms with E-state index in [2.05, 4.69) is 10.1 Å². The molecule has 19 heavy (non-hydrogen) atoms. The van der Waals surface area contributed by atoms with Crippen LogP contribution in [0.1, 0.15) is 13.3 Å². The molecule has 1 aromatic heterocycles. The highest BCUT2D eigenvalue weighted by Crippen LogP contribution is 2.13. The lowest BCUT2D eigenvalue weighted by Gasteiger charge is -2.10. The number of rotatable bonds is 3. The van der Waals surface area contributed by atoms with Crippen molar-refractivity contribution < 1.29 is 9.53 Å². The van der Waals surface area contributed by atoms with Gasteiger partial charge in [-0.1, -0.05) is 25.1 Å². The predicted octanol–water partition coefficient (Wildman–Crippen LogP) is 1.72. The number of benzene rings is 1. The van der Waals surface area contributed by atoms with Crippen molar-refractivity contribution >= 4 is 5.91 Å². The molecule has 0 radical (unpaired) electrons. The molecule has 2 aromatic rings. The van der Waals surface area contributed by atoms with E-state index in [-0.39, 0.29) is 5.91 Å². The Balaban J connectivity index is 2.49. The molecular formula is C14H15N3O2. The summed E-state index contributed by atoms with van der Waals surface area (Å²) < 4.78 is 6.93. The third kappa shape index (κ3) is 3.07. The quantitative estimate of drug-likeness (QED) is 0.841. The highest BCUT2D eigenvalue weighted by Gasteiger charge is 2.04. The number of carbonyl (C=O) groups is 1. The Kier molecular flexibility index (Phi) is 4.07. The Labute approximate surface area is 111 Å². The van der Waals surface area contributed by atoms with Crippen molar-refractivity contribution in [1.82, 2.24) is 9.78 Å². The van der Waals surface area contributed by atoms with Gasteiger partial charge in [0.05, 0.1) is 24.4 Å². The summed E-state index contributed by atoms with van der Waals surface area (Å²) in [6.07, 6.45) is 1.92. The highest BCUT2D eigenvalue weighted by atomic mass is 16.5. The SMILES string of the molecule is CCC(=O)/N=c1\cnn(-c2ccccc2)c(OC)c1. The summed E-state index contributed by atoms with van der Waals surface area (Å²) in [7, 11) is 1.56. The van der Waals surface area contributed by atoms with Crippen molar-refractivity contribution in [3.8, 4) is 11.6 Å². The van der Waals surface area contributed by atoms with Gasteiger partial charge in [-0.2, -0.15) is 5.10 Å². The van der Waals surface area contributed by atoms with E-state index in [0.717, 1.165) is 5.69 Å². The van der Waals surface area contributed by atoms with Crippen LogP contribution in [0.15, 0.2) is 47.6 Å². The maximum absolute atomic E-state index is 11.3. The lowest BCUT2D eigenvalue weighted by atomic mass is 10.3. The Morgan fingerprint density at radius 2 is 2.11 bits per heavy atom. The maximum Gasteiger partial charge on any atom is 0.245 e. The molecular weight excluding hydrogens is 242 g/mol. The number of carbonyl (C=O) groups excluding carboxylic acids is 1. The first-order valence-corrected chi connectivity index (χ1v) is 6.01. The average molecular weight is 257 g/mol. The van der Waals surface area contributed by atoms with Gasteiger partial charge in [0, 0.05) is 12.5 Å². The van der Waals surface area contributed by atoms with Gasteiger partial charge in [-0.3, -0.25) is 4.79 Å². The molecule has 1 aromatic carbocycles. The molecule has 98 valence electrons. The van der Waals surface area contributed by atoms with Gasteiger partial charge in [0.25, 0.3) is 0 Å². The minimum absolute atomic E-state index is 0.179. The molecule has 2 rings (SSSR count). The molecule has 5 nitrogen and oxygen atoms in total. The van der Waals surface area contributed by atoms with Crippen molar-refractivity contribution in [3.63, 3.8) is 0 Å². The lowest BCUT2D eigenvalue weighted by Crippen LogP contribution is -2.13. The summed E-state index contributed by atoms with van der Waals surface area (Å²) in [5.74, 6) is 0.345. The standard InChI is InChI=1S/C14H15N3O2/c1-3-13(18)16-11-9-14(19-2)17(15-10-11)12-7-5-4-6-8-12/h4-10H,3H2,1-2H3/b16-11-. The minimum atomic E-state index is -0.179. The van der Waals surface area contributed by atoms with Crippen molar-refractivity contribution in [2.45, 2.75) is 13.3 Å². The summed E-state index contributed by atoms with van der Waals surface area (Å²) in [5.41, 5.74) is 0.882. The second-order valence-corrected chi connectivity index (χ2v) is 3.86. The van der Waals surface area contributed by atoms with Crippen LogP contribution in [0.3, 0.4) is 0 Å². The van der Waals surface area contributed by atoms with Gasteiger partial charge >= 0.3 is 0 Å². The fourth-order valence-electron chi connectivity index (χ4n) is 1.59. The molecule has 0 bridgehead atoms. The smallest absolute Gasteiger partial charge is 0.245 e. The summed E-state index contributed by atoms with van der Waals surface area (Å²) in [6, 6.07) is 11.3. The van der Waals surface area contributed by atoms with Crippen LogP contribution in [-0.4, -0.2) is 22.8 Å². The topological polar surface area (TPSA) is 56.5 Å². The molecule has 0 saturated heterocycles. The third-order valence-corrected chi connectivity index (χ3v) is 2.55. The predicted molar refractivity (Wildman–Crippen MR) is 71.0 cm³/mol. The van der Waals surface area contributed by atoms with E-state index in [1.54, 1.807) is 31.0 Å². The van der Waals surface area contributed by atoms with Gasteiger partial charge in [-0.15, -0.1) is 0 Å². The minimum Gasteiger partial charge on any atom is -0.481 e. The van der Waals surface area contributed by atoms with E-state index >= 15 is 0 Å². The molecule has 0 aliphatic heterocycles. The van der Waals surface area contributed by atoms with E-state index < -0.39 is 0 Å². The van der Waals surface area contributed by atoms with Crippen LogP contribution >= 0.6 is 0 Å². The number of para-hydroxylation sites is 1. The van der Waals surface area contributed by atoms with Crippen LogP contribution < -0.4 is 10.1 Å². The zero-order chi connectivity index (χ0) is 13.7. The first-order chi connectivity index (χ1) is 9.24. The molecule has 0 aliphatic carbocycles. The second-order valence-electron chi connectivity index (χ2n) is 3.86. The molecule has 0 spiro atoms. The van der Waals surface area contributed by atoms with Crippen molar-refractivity contribution in [3.05, 3.63) is 48.0 Å². The van der Waals surface area contributed by atoms with Crippen molar-refractivity contribution in [2.75, 3.05) is 7.11 Å². The van der Waals surface area contributed by atoms with E-state index in [9.17, 15) is 4.79 Å². The van der Waals surface area contributed by atoms with E-state index in [4.69, 9.17) is 4.74 Å². The fourth-order valence-corrected chi connectivity index (χ4v) is 1.59. The first-order valence-electron chi connectivity index (χ1n) is 6.01. The number of amides is 1. The zero-order valence-corrected chi connectivity index (χ0v) is 10.9. The zero-order valence-electron chi connectivity index (χ0n) is 10.9. The Morgan fingerprint density at radius 1 is 1.37 bits per heavy atom. The summed E-state index contributed by atoms with van der Waals surface area (Å²) in [5, 5.41) is 4.75. The number of aromatic nitrogens is 2. The van der Waals surface area contributed by atoms with Crippen LogP contribution in [0.4, 0.5) is 0 Å². The van der Waals surface area contributed by atoms with Crippen LogP contribution in [0.2, 0.25) is 0 Å². The number of hydrogen-bond acceptors (Lipinski definition) is 3. The van der Waals surface area contributed by atoms with Gasteiger partial charge in [-0.05, 0) is 12.1 Å². The normalized spacial score (nSPS) is 11.4. The van der Waals surface area contributed by atoms with Crippen LogP contribution in [-0.2, 0) is 4.79 Å². The lowest BCUT2D eigenvalue weighted by molar-refractivity contribution is -0.117.